The minimum Gasteiger partial charge on any atom is -0.481 e. The number of rotatable bonds is 10. The van der Waals surface area contributed by atoms with Crippen LogP contribution in [-0.4, -0.2) is 55.4 Å². The van der Waals surface area contributed by atoms with Gasteiger partial charge in [-0.2, -0.15) is 0 Å². The van der Waals surface area contributed by atoms with Crippen molar-refractivity contribution < 1.29 is 28.9 Å². The van der Waals surface area contributed by atoms with Crippen molar-refractivity contribution in [2.45, 2.75) is 6.42 Å². The third-order valence-electron chi connectivity index (χ3n) is 1.43. The van der Waals surface area contributed by atoms with Crippen molar-refractivity contribution in [3.8, 4) is 0 Å². The van der Waals surface area contributed by atoms with E-state index in [1.54, 1.807) is 0 Å². The molecule has 6 nitrogen and oxygen atoms in total. The van der Waals surface area contributed by atoms with Crippen LogP contribution >= 0.6 is 15.9 Å². The Hall–Kier alpha value is -0.660. The fourth-order valence-corrected chi connectivity index (χ4v) is 0.896. The number of hydrogen-bond donors (Lipinski definition) is 1. The molecular formula is C9H15BrO6. The van der Waals surface area contributed by atoms with E-state index in [0.717, 1.165) is 0 Å². The molecule has 0 saturated carbocycles. The Morgan fingerprint density at radius 3 is 2.12 bits per heavy atom. The molecule has 0 aliphatic carbocycles. The molecule has 0 radical (unpaired) electrons. The molecule has 0 aliphatic rings. The second-order valence-electron chi connectivity index (χ2n) is 2.72. The minimum absolute atomic E-state index is 0.0110. The Bertz CT molecular complexity index is 208. The van der Waals surface area contributed by atoms with E-state index in [-0.39, 0.29) is 30.9 Å². The van der Waals surface area contributed by atoms with E-state index < -0.39 is 5.97 Å². The van der Waals surface area contributed by atoms with Crippen molar-refractivity contribution >= 4 is 27.9 Å². The highest BCUT2D eigenvalue weighted by molar-refractivity contribution is 9.09. The highest BCUT2D eigenvalue weighted by Crippen LogP contribution is 1.87. The number of esters is 1. The molecule has 0 rings (SSSR count). The van der Waals surface area contributed by atoms with Crippen LogP contribution in [0.4, 0.5) is 0 Å². The largest absolute Gasteiger partial charge is 0.481 e. The standard InChI is InChI=1S/C9H15BrO6/c10-7-9(13)16-6-5-15-4-3-14-2-1-8(11)12/h1-7H2,(H,11,12). The van der Waals surface area contributed by atoms with Crippen LogP contribution in [-0.2, 0) is 23.8 Å². The van der Waals surface area contributed by atoms with Gasteiger partial charge < -0.3 is 19.3 Å². The molecule has 0 fully saturated rings. The first-order valence-electron chi connectivity index (χ1n) is 4.75. The van der Waals surface area contributed by atoms with Crippen molar-refractivity contribution in [2.75, 3.05) is 38.4 Å². The van der Waals surface area contributed by atoms with Gasteiger partial charge in [0.05, 0.1) is 32.8 Å². The van der Waals surface area contributed by atoms with E-state index >= 15 is 0 Å². The van der Waals surface area contributed by atoms with Gasteiger partial charge in [0.2, 0.25) is 0 Å². The van der Waals surface area contributed by atoms with Gasteiger partial charge in [0.15, 0.2) is 0 Å². The Morgan fingerprint density at radius 2 is 1.56 bits per heavy atom. The smallest absolute Gasteiger partial charge is 0.316 e. The Balaban J connectivity index is 3.04. The molecule has 1 N–H and O–H groups in total. The van der Waals surface area contributed by atoms with Crippen molar-refractivity contribution in [1.29, 1.82) is 0 Å². The molecule has 0 aromatic carbocycles. The molecule has 16 heavy (non-hydrogen) atoms. The van der Waals surface area contributed by atoms with Crippen LogP contribution in [0.5, 0.6) is 0 Å². The van der Waals surface area contributed by atoms with Crippen LogP contribution in [0.25, 0.3) is 0 Å². The van der Waals surface area contributed by atoms with E-state index in [4.69, 9.17) is 19.3 Å². The molecule has 0 unspecified atom stereocenters. The maximum atomic E-state index is 10.6. The lowest BCUT2D eigenvalue weighted by Crippen LogP contribution is -2.13. The first-order valence-corrected chi connectivity index (χ1v) is 5.88. The predicted octanol–water partition coefficient (Wildman–Crippen LogP) is 0.432. The second kappa shape index (κ2) is 10.8. The second-order valence-corrected chi connectivity index (χ2v) is 3.28. The first-order chi connectivity index (χ1) is 7.66. The van der Waals surface area contributed by atoms with E-state index in [0.29, 0.717) is 19.8 Å². The van der Waals surface area contributed by atoms with Gasteiger partial charge in [-0.3, -0.25) is 9.59 Å². The quantitative estimate of drug-likeness (QED) is 0.358. The van der Waals surface area contributed by atoms with Crippen LogP contribution in [0, 0.1) is 0 Å². The molecule has 0 aromatic heterocycles. The third-order valence-corrected chi connectivity index (χ3v) is 1.89. The number of carboxylic acids is 1. The van der Waals surface area contributed by atoms with Crippen molar-refractivity contribution in [3.63, 3.8) is 0 Å². The summed E-state index contributed by atoms with van der Waals surface area (Å²) in [4.78, 5) is 20.7. The Kier molecular flexibility index (Phi) is 10.4. The van der Waals surface area contributed by atoms with Gasteiger partial charge in [-0.15, -0.1) is 0 Å². The minimum atomic E-state index is -0.886. The average molecular weight is 299 g/mol. The number of carboxylic acid groups (broad SMARTS) is 1. The van der Waals surface area contributed by atoms with Crippen molar-refractivity contribution in [3.05, 3.63) is 0 Å². The van der Waals surface area contributed by atoms with E-state index in [1.807, 2.05) is 0 Å². The lowest BCUT2D eigenvalue weighted by atomic mass is 10.5. The summed E-state index contributed by atoms with van der Waals surface area (Å²) in [5, 5.41) is 8.47. The molecule has 0 saturated heterocycles. The summed E-state index contributed by atoms with van der Waals surface area (Å²) in [6, 6.07) is 0. The van der Waals surface area contributed by atoms with Gasteiger partial charge >= 0.3 is 11.9 Å². The number of halogens is 1. The van der Waals surface area contributed by atoms with Gasteiger partial charge in [0, 0.05) is 0 Å². The van der Waals surface area contributed by atoms with Gasteiger partial charge in [-0.05, 0) is 0 Å². The maximum Gasteiger partial charge on any atom is 0.316 e. The fourth-order valence-electron chi connectivity index (χ4n) is 0.734. The molecule has 0 atom stereocenters. The van der Waals surface area contributed by atoms with Gasteiger partial charge in [0.1, 0.15) is 11.9 Å². The van der Waals surface area contributed by atoms with E-state index in [1.165, 1.54) is 0 Å². The lowest BCUT2D eigenvalue weighted by Gasteiger charge is -2.05. The van der Waals surface area contributed by atoms with E-state index in [2.05, 4.69) is 15.9 Å². The summed E-state index contributed by atoms with van der Waals surface area (Å²) in [5.41, 5.74) is 0. The van der Waals surface area contributed by atoms with Gasteiger partial charge in [-0.1, -0.05) is 15.9 Å². The molecule has 0 aliphatic heterocycles. The summed E-state index contributed by atoms with van der Waals surface area (Å²) in [6.45, 7) is 1.38. The third kappa shape index (κ3) is 11.4. The summed E-state index contributed by atoms with van der Waals surface area (Å²) >= 11 is 2.95. The van der Waals surface area contributed by atoms with Crippen molar-refractivity contribution in [1.82, 2.24) is 0 Å². The monoisotopic (exact) mass is 298 g/mol. The summed E-state index contributed by atoms with van der Waals surface area (Å²) < 4.78 is 14.8. The molecular weight excluding hydrogens is 284 g/mol. The number of carbonyl (C=O) groups is 2. The molecule has 94 valence electrons. The molecule has 0 heterocycles. The van der Waals surface area contributed by atoms with Crippen LogP contribution < -0.4 is 0 Å². The number of alkyl halides is 1. The average Bonchev–Trinajstić information content (AvgIpc) is 2.26. The van der Waals surface area contributed by atoms with Crippen LogP contribution in [0.2, 0.25) is 0 Å². The predicted molar refractivity (Wildman–Crippen MR) is 58.6 cm³/mol. The van der Waals surface area contributed by atoms with Crippen molar-refractivity contribution in [2.24, 2.45) is 0 Å². The maximum absolute atomic E-state index is 10.6. The molecule has 0 amide bonds. The number of carbonyl (C=O) groups excluding carboxylic acids is 1. The molecule has 0 aromatic rings. The number of hydrogen-bond acceptors (Lipinski definition) is 5. The normalized spacial score (nSPS) is 10.1. The summed E-state index contributed by atoms with van der Waals surface area (Å²) in [7, 11) is 0. The summed E-state index contributed by atoms with van der Waals surface area (Å²) in [5.74, 6) is -1.22. The van der Waals surface area contributed by atoms with E-state index in [9.17, 15) is 9.59 Å². The van der Waals surface area contributed by atoms with Crippen LogP contribution in [0.1, 0.15) is 6.42 Å². The van der Waals surface area contributed by atoms with Crippen LogP contribution in [0.15, 0.2) is 0 Å². The molecule has 7 heteroatoms. The Labute approximate surface area is 102 Å². The zero-order valence-corrected chi connectivity index (χ0v) is 10.4. The molecule has 0 spiro atoms. The highest BCUT2D eigenvalue weighted by atomic mass is 79.9. The SMILES string of the molecule is O=C(O)CCOCCOCCOC(=O)CBr. The van der Waals surface area contributed by atoms with Gasteiger partial charge in [0.25, 0.3) is 0 Å². The lowest BCUT2D eigenvalue weighted by molar-refractivity contribution is -0.142. The fraction of sp³-hybridized carbons (Fsp3) is 0.778. The summed E-state index contributed by atoms with van der Waals surface area (Å²) in [6.07, 6.45) is -0.0110. The number of ether oxygens (including phenoxy) is 3. The molecule has 0 bridgehead atoms. The number of aliphatic carboxylic acids is 1. The highest BCUT2D eigenvalue weighted by Gasteiger charge is 1.98. The Morgan fingerprint density at radius 1 is 1.00 bits per heavy atom. The topological polar surface area (TPSA) is 82.1 Å². The zero-order valence-electron chi connectivity index (χ0n) is 8.82. The van der Waals surface area contributed by atoms with Crippen LogP contribution in [0.3, 0.4) is 0 Å². The zero-order chi connectivity index (χ0) is 12.2. The van der Waals surface area contributed by atoms with Gasteiger partial charge in [-0.25, -0.2) is 0 Å². The first kappa shape index (κ1) is 15.3.